The van der Waals surface area contributed by atoms with E-state index in [0.29, 0.717) is 0 Å². The lowest BCUT2D eigenvalue weighted by Gasteiger charge is -2.02. The van der Waals surface area contributed by atoms with Crippen LogP contribution >= 0.6 is 11.6 Å². The molecule has 7 nitrogen and oxygen atoms in total. The van der Waals surface area contributed by atoms with E-state index in [2.05, 4.69) is 4.99 Å². The lowest BCUT2D eigenvalue weighted by atomic mass is 10.2. The van der Waals surface area contributed by atoms with Crippen LogP contribution in [0.25, 0.3) is 0 Å². The average Bonchev–Trinajstić information content (AvgIpc) is 2.47. The number of nitrogens with zero attached hydrogens (tertiary/aromatic N) is 2. The SMILES string of the molecule is O=C(O)c1ccc(Cl)c(N=Cc2cccc([N+](=O)[O-])c2O)c1. The zero-order chi connectivity index (χ0) is 16.3. The zero-order valence-electron chi connectivity index (χ0n) is 10.9. The van der Waals surface area contributed by atoms with Crippen LogP contribution in [0.4, 0.5) is 11.4 Å². The van der Waals surface area contributed by atoms with Crippen molar-refractivity contribution < 1.29 is 19.9 Å². The van der Waals surface area contributed by atoms with Gasteiger partial charge in [0.1, 0.15) is 0 Å². The summed E-state index contributed by atoms with van der Waals surface area (Å²) in [5, 5.41) is 29.7. The molecule has 2 aromatic carbocycles. The number of phenolic OH excluding ortho intramolecular Hbond substituents is 1. The topological polar surface area (TPSA) is 113 Å². The van der Waals surface area contributed by atoms with Crippen LogP contribution in [0, 0.1) is 10.1 Å². The summed E-state index contributed by atoms with van der Waals surface area (Å²) in [6.07, 6.45) is 1.18. The van der Waals surface area contributed by atoms with E-state index in [4.69, 9.17) is 16.7 Å². The van der Waals surface area contributed by atoms with E-state index >= 15 is 0 Å². The molecule has 0 saturated carbocycles. The van der Waals surface area contributed by atoms with E-state index in [1.807, 2.05) is 0 Å². The molecule has 0 amide bonds. The smallest absolute Gasteiger partial charge is 0.335 e. The van der Waals surface area contributed by atoms with Crippen molar-refractivity contribution in [3.05, 3.63) is 62.7 Å². The van der Waals surface area contributed by atoms with Gasteiger partial charge in [0.15, 0.2) is 0 Å². The van der Waals surface area contributed by atoms with E-state index in [0.717, 1.165) is 6.07 Å². The molecule has 0 radical (unpaired) electrons. The van der Waals surface area contributed by atoms with Crippen LogP contribution in [0.15, 0.2) is 41.4 Å². The van der Waals surface area contributed by atoms with Crippen molar-refractivity contribution in [3.8, 4) is 5.75 Å². The summed E-state index contributed by atoms with van der Waals surface area (Å²) in [7, 11) is 0. The minimum atomic E-state index is -1.13. The first-order chi connectivity index (χ1) is 10.4. The van der Waals surface area contributed by atoms with Crippen LogP contribution in [0.1, 0.15) is 15.9 Å². The number of aromatic carboxylic acids is 1. The van der Waals surface area contributed by atoms with Crippen LogP contribution in [0.2, 0.25) is 5.02 Å². The molecule has 0 aliphatic heterocycles. The van der Waals surface area contributed by atoms with Gasteiger partial charge in [-0.05, 0) is 24.3 Å². The van der Waals surface area contributed by atoms with Crippen LogP contribution in [-0.4, -0.2) is 27.3 Å². The van der Waals surface area contributed by atoms with Crippen molar-refractivity contribution >= 4 is 35.2 Å². The Labute approximate surface area is 129 Å². The van der Waals surface area contributed by atoms with Gasteiger partial charge in [-0.25, -0.2) is 4.79 Å². The minimum Gasteiger partial charge on any atom is -0.502 e. The highest BCUT2D eigenvalue weighted by Crippen LogP contribution is 2.30. The highest BCUT2D eigenvalue weighted by atomic mass is 35.5. The zero-order valence-corrected chi connectivity index (χ0v) is 11.7. The van der Waals surface area contributed by atoms with Gasteiger partial charge in [-0.3, -0.25) is 15.1 Å². The lowest BCUT2D eigenvalue weighted by Crippen LogP contribution is -1.95. The van der Waals surface area contributed by atoms with Gasteiger partial charge in [-0.2, -0.15) is 0 Å². The first-order valence-electron chi connectivity index (χ1n) is 5.93. The predicted molar refractivity (Wildman–Crippen MR) is 80.4 cm³/mol. The molecule has 22 heavy (non-hydrogen) atoms. The standard InChI is InChI=1S/C14H9ClN2O5/c15-10-5-4-8(14(19)20)6-11(10)16-7-9-2-1-3-12(13(9)18)17(21)22/h1-7,18H,(H,19,20). The molecule has 0 heterocycles. The quantitative estimate of drug-likeness (QED) is 0.509. The van der Waals surface area contributed by atoms with Gasteiger partial charge in [-0.15, -0.1) is 0 Å². The number of carboxylic acids is 1. The fraction of sp³-hybridized carbons (Fsp3) is 0. The van der Waals surface area contributed by atoms with Crippen LogP contribution in [0.3, 0.4) is 0 Å². The third-order valence-corrected chi connectivity index (χ3v) is 3.10. The molecule has 112 valence electrons. The molecule has 2 rings (SSSR count). The number of halogens is 1. The normalized spacial score (nSPS) is 10.8. The Balaban J connectivity index is 2.41. The number of nitro groups is 1. The van der Waals surface area contributed by atoms with E-state index in [1.54, 1.807) is 0 Å². The molecule has 2 aromatic rings. The number of hydrogen-bond acceptors (Lipinski definition) is 5. The molecule has 0 spiro atoms. The van der Waals surface area contributed by atoms with E-state index in [-0.39, 0.29) is 21.8 Å². The number of hydrogen-bond donors (Lipinski definition) is 2. The second kappa shape index (κ2) is 6.23. The van der Waals surface area contributed by atoms with Crippen molar-refractivity contribution in [2.24, 2.45) is 4.99 Å². The van der Waals surface area contributed by atoms with Gasteiger partial charge in [0.25, 0.3) is 0 Å². The first-order valence-corrected chi connectivity index (χ1v) is 6.31. The van der Waals surface area contributed by atoms with Gasteiger partial charge < -0.3 is 10.2 Å². The van der Waals surface area contributed by atoms with Gasteiger partial charge in [0.05, 0.1) is 21.2 Å². The second-order valence-electron chi connectivity index (χ2n) is 4.20. The Morgan fingerprint density at radius 3 is 2.68 bits per heavy atom. The number of aromatic hydroxyl groups is 1. The first kappa shape index (κ1) is 15.5. The van der Waals surface area contributed by atoms with Crippen molar-refractivity contribution in [2.75, 3.05) is 0 Å². The van der Waals surface area contributed by atoms with Crippen molar-refractivity contribution in [1.29, 1.82) is 0 Å². The van der Waals surface area contributed by atoms with E-state index in [9.17, 15) is 20.0 Å². The summed E-state index contributed by atoms with van der Waals surface area (Å²) in [6, 6.07) is 7.95. The maximum Gasteiger partial charge on any atom is 0.335 e. The molecule has 0 saturated heterocycles. The third kappa shape index (κ3) is 3.21. The minimum absolute atomic E-state index is 0.000172. The largest absolute Gasteiger partial charge is 0.502 e. The molecule has 0 fully saturated rings. The number of nitro benzene ring substituents is 1. The average molecular weight is 321 g/mol. The summed E-state index contributed by atoms with van der Waals surface area (Å²) in [4.78, 5) is 24.9. The molecular weight excluding hydrogens is 312 g/mol. The fourth-order valence-corrected chi connectivity index (χ4v) is 1.85. The fourth-order valence-electron chi connectivity index (χ4n) is 1.68. The molecule has 2 N–H and O–H groups in total. The Morgan fingerprint density at radius 2 is 2.05 bits per heavy atom. The van der Waals surface area contributed by atoms with Gasteiger partial charge in [-0.1, -0.05) is 17.7 Å². The molecule has 0 atom stereocenters. The molecule has 0 aromatic heterocycles. The van der Waals surface area contributed by atoms with E-state index < -0.39 is 22.3 Å². The Morgan fingerprint density at radius 1 is 1.32 bits per heavy atom. The lowest BCUT2D eigenvalue weighted by molar-refractivity contribution is -0.385. The predicted octanol–water partition coefficient (Wildman–Crippen LogP) is 3.40. The number of benzene rings is 2. The summed E-state index contributed by atoms with van der Waals surface area (Å²) < 4.78 is 0. The van der Waals surface area contributed by atoms with Crippen LogP contribution < -0.4 is 0 Å². The number of aliphatic imine (C=N–C) groups is 1. The molecule has 0 aliphatic carbocycles. The second-order valence-corrected chi connectivity index (χ2v) is 4.61. The Kier molecular flexibility index (Phi) is 4.38. The van der Waals surface area contributed by atoms with Gasteiger partial charge >= 0.3 is 11.7 Å². The number of para-hydroxylation sites is 1. The van der Waals surface area contributed by atoms with Crippen molar-refractivity contribution in [3.63, 3.8) is 0 Å². The number of carboxylic acid groups (broad SMARTS) is 1. The monoisotopic (exact) mass is 320 g/mol. The summed E-state index contributed by atoms with van der Waals surface area (Å²) in [5.41, 5.74) is -0.160. The number of rotatable bonds is 4. The number of carbonyl (C=O) groups is 1. The van der Waals surface area contributed by atoms with Crippen molar-refractivity contribution in [2.45, 2.75) is 0 Å². The molecule has 0 bridgehead atoms. The highest BCUT2D eigenvalue weighted by molar-refractivity contribution is 6.33. The maximum absolute atomic E-state index is 10.9. The maximum atomic E-state index is 10.9. The summed E-state index contributed by atoms with van der Waals surface area (Å²) >= 11 is 5.91. The Bertz CT molecular complexity index is 785. The number of phenols is 1. The Hall–Kier alpha value is -2.93. The molecule has 0 aliphatic rings. The highest BCUT2D eigenvalue weighted by Gasteiger charge is 2.15. The summed E-state index contributed by atoms with van der Waals surface area (Å²) in [6.45, 7) is 0. The summed E-state index contributed by atoms with van der Waals surface area (Å²) in [5.74, 6) is -1.66. The van der Waals surface area contributed by atoms with Gasteiger partial charge in [0.2, 0.25) is 5.75 Å². The van der Waals surface area contributed by atoms with Gasteiger partial charge in [0, 0.05) is 17.8 Å². The molecular formula is C14H9ClN2O5. The van der Waals surface area contributed by atoms with E-state index in [1.165, 1.54) is 36.5 Å². The molecule has 0 unspecified atom stereocenters. The van der Waals surface area contributed by atoms with Crippen LogP contribution in [0.5, 0.6) is 5.75 Å². The molecule has 8 heteroatoms. The van der Waals surface area contributed by atoms with Crippen LogP contribution in [-0.2, 0) is 0 Å². The van der Waals surface area contributed by atoms with Crippen molar-refractivity contribution in [1.82, 2.24) is 0 Å². The third-order valence-electron chi connectivity index (χ3n) is 2.78.